The van der Waals surface area contributed by atoms with Gasteiger partial charge >= 0.3 is 0 Å². The summed E-state index contributed by atoms with van der Waals surface area (Å²) in [5, 5.41) is 15.3. The van der Waals surface area contributed by atoms with E-state index in [0.29, 0.717) is 5.69 Å². The predicted molar refractivity (Wildman–Crippen MR) is 73.5 cm³/mol. The Kier molecular flexibility index (Phi) is 4.73. The molecule has 106 valence electrons. The Morgan fingerprint density at radius 3 is 2.95 bits per heavy atom. The Hall–Kier alpha value is -2.34. The summed E-state index contributed by atoms with van der Waals surface area (Å²) in [7, 11) is 0. The van der Waals surface area contributed by atoms with Crippen molar-refractivity contribution in [2.45, 2.75) is 13.7 Å². The zero-order valence-electron chi connectivity index (χ0n) is 11.2. The number of hydrogen-bond donors (Lipinski definition) is 2. The van der Waals surface area contributed by atoms with Crippen LogP contribution in [0.25, 0.3) is 0 Å². The molecular weight excluding hydrogens is 258 g/mol. The number of carbonyl (C=O) groups excluding carboxylic acids is 1. The first-order chi connectivity index (χ1) is 9.70. The number of aliphatic hydroxyl groups excluding tert-OH is 1. The molecular formula is C14H17N3O3. The van der Waals surface area contributed by atoms with E-state index in [2.05, 4.69) is 10.4 Å². The number of aromatic nitrogens is 2. The molecule has 1 heterocycles. The number of nitrogens with zero attached hydrogens (tertiary/aromatic N) is 2. The number of nitrogens with one attached hydrogen (secondary N) is 1. The number of amides is 1. The zero-order chi connectivity index (χ0) is 14.4. The van der Waals surface area contributed by atoms with Crippen LogP contribution in [-0.4, -0.2) is 33.9 Å². The molecule has 1 amide bonds. The summed E-state index contributed by atoms with van der Waals surface area (Å²) >= 11 is 0. The predicted octanol–water partition coefficient (Wildman–Crippen LogP) is 0.950. The van der Waals surface area contributed by atoms with E-state index < -0.39 is 0 Å². The van der Waals surface area contributed by atoms with E-state index >= 15 is 0 Å². The van der Waals surface area contributed by atoms with Gasteiger partial charge in [-0.2, -0.15) is 5.10 Å². The van der Waals surface area contributed by atoms with Crippen LogP contribution in [0.15, 0.2) is 36.5 Å². The molecule has 0 fully saturated rings. The number of benzene rings is 1. The SMILES string of the molecule is Cc1ccccc1OCn1ccc(C(=O)NCCO)n1. The number of rotatable bonds is 6. The van der Waals surface area contributed by atoms with Crippen LogP contribution in [0.2, 0.25) is 0 Å². The fourth-order valence-corrected chi connectivity index (χ4v) is 1.67. The Balaban J connectivity index is 1.93. The zero-order valence-corrected chi connectivity index (χ0v) is 11.2. The first-order valence-corrected chi connectivity index (χ1v) is 6.31. The summed E-state index contributed by atoms with van der Waals surface area (Å²) in [5.41, 5.74) is 1.34. The van der Waals surface area contributed by atoms with E-state index in [9.17, 15) is 4.79 Å². The van der Waals surface area contributed by atoms with Crippen LogP contribution in [0.1, 0.15) is 16.1 Å². The van der Waals surface area contributed by atoms with Crippen LogP contribution in [0.3, 0.4) is 0 Å². The van der Waals surface area contributed by atoms with E-state index in [-0.39, 0.29) is 25.8 Å². The standard InChI is InChI=1S/C14H17N3O3/c1-11-4-2-3-5-13(11)20-10-17-8-6-12(16-17)14(19)15-7-9-18/h2-6,8,18H,7,9-10H2,1H3,(H,15,19). The quantitative estimate of drug-likeness (QED) is 0.823. The van der Waals surface area contributed by atoms with Gasteiger partial charge in [-0.15, -0.1) is 0 Å². The molecule has 0 saturated heterocycles. The summed E-state index contributed by atoms with van der Waals surface area (Å²) in [4.78, 5) is 11.6. The van der Waals surface area contributed by atoms with E-state index in [1.165, 1.54) is 0 Å². The van der Waals surface area contributed by atoms with Crippen molar-refractivity contribution in [2.75, 3.05) is 13.2 Å². The van der Waals surface area contributed by atoms with Crippen LogP contribution in [0.4, 0.5) is 0 Å². The molecule has 1 aromatic carbocycles. The second kappa shape index (κ2) is 6.72. The van der Waals surface area contributed by atoms with E-state index in [0.717, 1.165) is 11.3 Å². The molecule has 2 aromatic rings. The lowest BCUT2D eigenvalue weighted by molar-refractivity contribution is 0.0937. The molecule has 0 unspecified atom stereocenters. The molecule has 0 spiro atoms. The molecule has 0 aliphatic rings. The van der Waals surface area contributed by atoms with Crippen molar-refractivity contribution < 1.29 is 14.6 Å². The fourth-order valence-electron chi connectivity index (χ4n) is 1.67. The molecule has 0 atom stereocenters. The van der Waals surface area contributed by atoms with Crippen LogP contribution in [0.5, 0.6) is 5.75 Å². The first kappa shape index (κ1) is 14.1. The smallest absolute Gasteiger partial charge is 0.271 e. The normalized spacial score (nSPS) is 10.3. The Bertz CT molecular complexity index is 581. The van der Waals surface area contributed by atoms with Crippen LogP contribution < -0.4 is 10.1 Å². The number of aliphatic hydroxyl groups is 1. The maximum atomic E-state index is 11.6. The van der Waals surface area contributed by atoms with Gasteiger partial charge in [0.25, 0.3) is 5.91 Å². The summed E-state index contributed by atoms with van der Waals surface area (Å²) in [6, 6.07) is 9.30. The van der Waals surface area contributed by atoms with E-state index in [1.807, 2.05) is 31.2 Å². The molecule has 6 heteroatoms. The van der Waals surface area contributed by atoms with Crippen molar-refractivity contribution in [2.24, 2.45) is 0 Å². The molecule has 0 aliphatic carbocycles. The highest BCUT2D eigenvalue weighted by molar-refractivity contribution is 5.92. The van der Waals surface area contributed by atoms with Gasteiger partial charge in [0, 0.05) is 12.7 Å². The van der Waals surface area contributed by atoms with Crippen molar-refractivity contribution in [3.8, 4) is 5.75 Å². The maximum Gasteiger partial charge on any atom is 0.271 e. The van der Waals surface area contributed by atoms with Crippen LogP contribution in [0, 0.1) is 6.92 Å². The number of ether oxygens (including phenoxy) is 1. The molecule has 0 saturated carbocycles. The van der Waals surface area contributed by atoms with Crippen LogP contribution in [-0.2, 0) is 6.73 Å². The minimum Gasteiger partial charge on any atom is -0.471 e. The van der Waals surface area contributed by atoms with Gasteiger partial charge in [0.2, 0.25) is 0 Å². The molecule has 20 heavy (non-hydrogen) atoms. The Morgan fingerprint density at radius 1 is 1.40 bits per heavy atom. The fraction of sp³-hybridized carbons (Fsp3) is 0.286. The average molecular weight is 275 g/mol. The Morgan fingerprint density at radius 2 is 2.20 bits per heavy atom. The highest BCUT2D eigenvalue weighted by Crippen LogP contribution is 2.16. The van der Waals surface area contributed by atoms with Crippen molar-refractivity contribution in [1.29, 1.82) is 0 Å². The molecule has 1 aromatic heterocycles. The second-order valence-electron chi connectivity index (χ2n) is 4.26. The lowest BCUT2D eigenvalue weighted by Gasteiger charge is -2.08. The van der Waals surface area contributed by atoms with Gasteiger partial charge in [0.05, 0.1) is 6.61 Å². The lowest BCUT2D eigenvalue weighted by atomic mass is 10.2. The third kappa shape index (κ3) is 3.58. The van der Waals surface area contributed by atoms with Gasteiger partial charge in [0.1, 0.15) is 11.4 Å². The molecule has 0 radical (unpaired) electrons. The highest BCUT2D eigenvalue weighted by Gasteiger charge is 2.08. The number of aryl methyl sites for hydroxylation is 1. The van der Waals surface area contributed by atoms with E-state index in [4.69, 9.17) is 9.84 Å². The third-order valence-corrected chi connectivity index (χ3v) is 2.72. The van der Waals surface area contributed by atoms with Crippen molar-refractivity contribution in [3.05, 3.63) is 47.8 Å². The van der Waals surface area contributed by atoms with Gasteiger partial charge in [-0.1, -0.05) is 18.2 Å². The molecule has 6 nitrogen and oxygen atoms in total. The first-order valence-electron chi connectivity index (χ1n) is 6.31. The second-order valence-corrected chi connectivity index (χ2v) is 4.26. The molecule has 0 aliphatic heterocycles. The minimum absolute atomic E-state index is 0.0944. The summed E-state index contributed by atoms with van der Waals surface area (Å²) in [6.07, 6.45) is 1.67. The van der Waals surface area contributed by atoms with Gasteiger partial charge in [0.15, 0.2) is 6.73 Å². The summed E-state index contributed by atoms with van der Waals surface area (Å²) in [6.45, 7) is 2.32. The topological polar surface area (TPSA) is 76.4 Å². The van der Waals surface area contributed by atoms with Gasteiger partial charge in [-0.05, 0) is 24.6 Å². The molecule has 0 bridgehead atoms. The lowest BCUT2D eigenvalue weighted by Crippen LogP contribution is -2.26. The number of hydrogen-bond acceptors (Lipinski definition) is 4. The number of carbonyl (C=O) groups is 1. The van der Waals surface area contributed by atoms with Gasteiger partial charge < -0.3 is 15.2 Å². The largest absolute Gasteiger partial charge is 0.471 e. The average Bonchev–Trinajstić information content (AvgIpc) is 2.93. The van der Waals surface area contributed by atoms with Gasteiger partial charge in [-0.25, -0.2) is 4.68 Å². The van der Waals surface area contributed by atoms with Gasteiger partial charge in [-0.3, -0.25) is 4.79 Å². The molecule has 2 N–H and O–H groups in total. The van der Waals surface area contributed by atoms with Crippen molar-refractivity contribution in [1.82, 2.24) is 15.1 Å². The maximum absolute atomic E-state index is 11.6. The van der Waals surface area contributed by atoms with Crippen LogP contribution >= 0.6 is 0 Å². The third-order valence-electron chi connectivity index (χ3n) is 2.72. The minimum atomic E-state index is -0.311. The summed E-state index contributed by atoms with van der Waals surface area (Å²) < 4.78 is 7.17. The summed E-state index contributed by atoms with van der Waals surface area (Å²) in [5.74, 6) is 0.475. The van der Waals surface area contributed by atoms with Crippen molar-refractivity contribution in [3.63, 3.8) is 0 Å². The monoisotopic (exact) mass is 275 g/mol. The molecule has 2 rings (SSSR count). The van der Waals surface area contributed by atoms with Crippen molar-refractivity contribution >= 4 is 5.91 Å². The highest BCUT2D eigenvalue weighted by atomic mass is 16.5. The number of para-hydroxylation sites is 1. The Labute approximate surface area is 117 Å². The van der Waals surface area contributed by atoms with E-state index in [1.54, 1.807) is 16.9 Å².